The maximum Gasteiger partial charge on any atom is 0.407 e. The molecule has 3 aromatic rings. The van der Waals surface area contributed by atoms with Gasteiger partial charge >= 0.3 is 12.1 Å². The SMILES string of the molecule is CC(C)[C@H](NC(=O)CCCCCN1C(=O)C=CC1=O)C(=O)N[C@@H](CCCNC(N)=O)C(=O)Nc1ccc(COC(=O)N[C@H](CF)CCN(C(=O)[C@H](C)O)[C@@H](c2nc(-c3cc(F)ccc3F)cn2CC2(C)COC2)C(C)(C)C)cc1. The summed E-state index contributed by atoms with van der Waals surface area (Å²) < 4.78 is 57.0. The molecule has 0 saturated carbocycles. The van der Waals surface area contributed by atoms with Crippen molar-refractivity contribution in [2.45, 2.75) is 137 Å². The molecule has 1 saturated heterocycles. The van der Waals surface area contributed by atoms with Crippen molar-refractivity contribution in [1.82, 2.24) is 40.6 Å². The number of nitrogens with one attached hydrogen (secondary N) is 5. The molecule has 0 spiro atoms. The smallest absolute Gasteiger partial charge is 0.407 e. The van der Waals surface area contributed by atoms with Crippen LogP contribution in [-0.4, -0.2) is 136 Å². The van der Waals surface area contributed by atoms with Gasteiger partial charge in [-0.1, -0.05) is 60.1 Å². The second-order valence-corrected chi connectivity index (χ2v) is 21.8. The molecule has 3 heterocycles. The fourth-order valence-electron chi connectivity index (χ4n) is 9.12. The molecular weight excluding hydrogens is 1030 g/mol. The first-order chi connectivity index (χ1) is 37.3. The van der Waals surface area contributed by atoms with Gasteiger partial charge in [0.25, 0.3) is 17.7 Å². The maximum absolute atomic E-state index is 15.2. The van der Waals surface area contributed by atoms with E-state index >= 15 is 4.39 Å². The van der Waals surface area contributed by atoms with E-state index in [9.17, 15) is 52.2 Å². The number of anilines is 1. The number of alkyl halides is 1. The number of urea groups is 1. The minimum Gasteiger partial charge on any atom is -0.445 e. The molecule has 2 aliphatic heterocycles. The number of aliphatic hydroxyl groups is 1. The molecule has 0 aliphatic carbocycles. The maximum atomic E-state index is 15.2. The lowest BCUT2D eigenvalue weighted by Gasteiger charge is -2.43. The second kappa shape index (κ2) is 28.5. The second-order valence-electron chi connectivity index (χ2n) is 21.8. The highest BCUT2D eigenvalue weighted by Crippen LogP contribution is 2.41. The molecular formula is C55H75F3N10O11. The van der Waals surface area contributed by atoms with Crippen molar-refractivity contribution in [3.05, 3.63) is 83.8 Å². The highest BCUT2D eigenvalue weighted by atomic mass is 19.1. The molecule has 0 unspecified atom stereocenters. The number of hydrogen-bond donors (Lipinski definition) is 7. The Hall–Kier alpha value is -7.34. The van der Waals surface area contributed by atoms with Crippen LogP contribution in [0, 0.1) is 28.4 Å². The van der Waals surface area contributed by atoms with E-state index in [2.05, 4.69) is 26.6 Å². The van der Waals surface area contributed by atoms with Gasteiger partial charge in [-0.05, 0) is 86.3 Å². The number of hydrogen-bond acceptors (Lipinski definition) is 12. The first-order valence-electron chi connectivity index (χ1n) is 26.4. The summed E-state index contributed by atoms with van der Waals surface area (Å²) >= 11 is 0. The van der Waals surface area contributed by atoms with E-state index in [1.165, 1.54) is 36.1 Å². The number of carbonyl (C=O) groups is 8. The third-order valence-electron chi connectivity index (χ3n) is 13.4. The molecule has 1 aromatic heterocycles. The van der Waals surface area contributed by atoms with E-state index in [4.69, 9.17) is 20.2 Å². The number of alkyl carbamates (subject to hydrolysis) is 1. The zero-order valence-electron chi connectivity index (χ0n) is 45.9. The van der Waals surface area contributed by atoms with Crippen molar-refractivity contribution >= 4 is 53.3 Å². The van der Waals surface area contributed by atoms with Crippen molar-refractivity contribution < 1.29 is 66.1 Å². The highest BCUT2D eigenvalue weighted by Gasteiger charge is 2.42. The molecule has 1 fully saturated rings. The zero-order chi connectivity index (χ0) is 58.2. The number of imide groups is 1. The Balaban J connectivity index is 1.19. The minimum atomic E-state index is -1.50. The Morgan fingerprint density at radius 2 is 1.59 bits per heavy atom. The van der Waals surface area contributed by atoms with Crippen molar-refractivity contribution in [1.29, 1.82) is 0 Å². The molecule has 5 rings (SSSR count). The highest BCUT2D eigenvalue weighted by molar-refractivity contribution is 6.12. The van der Waals surface area contributed by atoms with Crippen molar-refractivity contribution in [2.24, 2.45) is 22.5 Å². The van der Waals surface area contributed by atoms with Crippen molar-refractivity contribution in [2.75, 3.05) is 44.8 Å². The van der Waals surface area contributed by atoms with E-state index in [0.29, 0.717) is 56.1 Å². The van der Waals surface area contributed by atoms with Gasteiger partial charge in [-0.2, -0.15) is 0 Å². The normalized spacial score (nSPS) is 15.8. The van der Waals surface area contributed by atoms with Gasteiger partial charge in [0.2, 0.25) is 17.7 Å². The van der Waals surface area contributed by atoms with Crippen LogP contribution < -0.4 is 32.3 Å². The monoisotopic (exact) mass is 1110 g/mol. The lowest BCUT2D eigenvalue weighted by Crippen LogP contribution is -2.54. The molecule has 2 aromatic carbocycles. The zero-order valence-corrected chi connectivity index (χ0v) is 45.9. The van der Waals surface area contributed by atoms with Crippen LogP contribution in [0.3, 0.4) is 0 Å². The van der Waals surface area contributed by atoms with Crippen LogP contribution in [0.4, 0.5) is 28.4 Å². The van der Waals surface area contributed by atoms with Crippen LogP contribution in [0.2, 0.25) is 0 Å². The first-order valence-corrected chi connectivity index (χ1v) is 26.4. The van der Waals surface area contributed by atoms with Crippen LogP contribution in [0.1, 0.15) is 111 Å². The Morgan fingerprint density at radius 1 is 0.911 bits per heavy atom. The summed E-state index contributed by atoms with van der Waals surface area (Å²) in [5.74, 6) is -4.54. The number of unbranched alkanes of at least 4 members (excludes halogenated alkanes) is 2. The fraction of sp³-hybridized carbons (Fsp3) is 0.545. The largest absolute Gasteiger partial charge is 0.445 e. The number of amides is 9. The Labute approximate surface area is 457 Å². The number of aromatic nitrogens is 2. The van der Waals surface area contributed by atoms with Gasteiger partial charge < -0.3 is 56.4 Å². The van der Waals surface area contributed by atoms with Crippen LogP contribution in [0.5, 0.6) is 0 Å². The summed E-state index contributed by atoms with van der Waals surface area (Å²) in [5.41, 5.74) is 4.87. The average Bonchev–Trinajstić information content (AvgIpc) is 3.94. The van der Waals surface area contributed by atoms with Gasteiger partial charge in [0.05, 0.1) is 31.0 Å². The van der Waals surface area contributed by atoms with Gasteiger partial charge in [-0.3, -0.25) is 33.7 Å². The number of ether oxygens (including phenoxy) is 2. The first kappa shape index (κ1) is 62.5. The molecule has 0 bridgehead atoms. The molecule has 79 heavy (non-hydrogen) atoms. The van der Waals surface area contributed by atoms with E-state index in [-0.39, 0.29) is 86.3 Å². The lowest BCUT2D eigenvalue weighted by atomic mass is 9.83. The van der Waals surface area contributed by atoms with Crippen LogP contribution in [0.25, 0.3) is 11.3 Å². The summed E-state index contributed by atoms with van der Waals surface area (Å²) in [6.45, 7) is 12.3. The Bertz CT molecular complexity index is 2650. The van der Waals surface area contributed by atoms with Crippen molar-refractivity contribution in [3.8, 4) is 11.3 Å². The molecule has 21 nitrogen and oxygen atoms in total. The third kappa shape index (κ3) is 18.4. The number of halogens is 3. The molecule has 5 atom stereocenters. The molecule has 8 N–H and O–H groups in total. The van der Waals surface area contributed by atoms with Gasteiger partial charge in [-0.15, -0.1) is 0 Å². The number of nitrogens with two attached hydrogens (primary N) is 1. The van der Waals surface area contributed by atoms with Gasteiger partial charge in [0.1, 0.15) is 48.9 Å². The van der Waals surface area contributed by atoms with Crippen LogP contribution in [-0.2, 0) is 51.4 Å². The van der Waals surface area contributed by atoms with Crippen molar-refractivity contribution in [3.63, 3.8) is 0 Å². The topological polar surface area (TPSA) is 286 Å². The van der Waals surface area contributed by atoms with Gasteiger partial charge in [0, 0.05) is 67.6 Å². The molecule has 432 valence electrons. The number of primary amides is 1. The number of aliphatic hydroxyl groups excluding tert-OH is 1. The number of nitrogens with zero attached hydrogens (tertiary/aromatic N) is 4. The average molecular weight is 1110 g/mol. The summed E-state index contributed by atoms with van der Waals surface area (Å²) in [5, 5.41) is 23.8. The van der Waals surface area contributed by atoms with Gasteiger partial charge in [0.15, 0.2) is 0 Å². The van der Waals surface area contributed by atoms with Gasteiger partial charge in [-0.25, -0.2) is 27.7 Å². The number of rotatable bonds is 29. The lowest BCUT2D eigenvalue weighted by molar-refractivity contribution is -0.145. The molecule has 0 radical (unpaired) electrons. The number of benzene rings is 2. The molecule has 9 amide bonds. The number of imidazole rings is 1. The van der Waals surface area contributed by atoms with Crippen LogP contribution >= 0.6 is 0 Å². The molecule has 2 aliphatic rings. The fourth-order valence-corrected chi connectivity index (χ4v) is 9.12. The Kier molecular flexibility index (Phi) is 22.6. The quantitative estimate of drug-likeness (QED) is 0.0344. The summed E-state index contributed by atoms with van der Waals surface area (Å²) in [6, 6.07) is 4.26. The van der Waals surface area contributed by atoms with E-state index in [1.54, 1.807) is 36.7 Å². The predicted molar refractivity (Wildman–Crippen MR) is 285 cm³/mol. The summed E-state index contributed by atoms with van der Waals surface area (Å²) in [6.07, 6.45) is 3.28. The van der Waals surface area contributed by atoms with E-state index < -0.39 is 89.7 Å². The molecule has 24 heteroatoms. The van der Waals surface area contributed by atoms with E-state index in [1.807, 2.05) is 27.7 Å². The Morgan fingerprint density at radius 3 is 2.19 bits per heavy atom. The number of carbonyl (C=O) groups excluding carboxylic acids is 8. The standard InChI is InChI=1S/C55H75F3N10O11/c1-33(2)46(65-43(70)13-9-8-10-24-67-44(71)20-21-45(67)72)50(74)64-41(12-11-23-60-52(59)76)49(73)61-37-17-14-35(15-18-37)29-79-53(77)62-38(27-56)22-25-68(51(75)34(3)69)47(54(4,5)6)48-63-42(39-26-36(57)16-19-40(39)58)28-66(48)30-55(7)31-78-32-55/h14-21,26,28,33-34,38,41,46-47,69H,8-13,22-25,27,29-32H2,1-7H3,(H,61,73)(H,62,77)(H,64,74)(H,65,70)(H3,59,60,76)/t34-,38-,41-,46-,47-/m0/s1. The summed E-state index contributed by atoms with van der Waals surface area (Å²) in [7, 11) is 0. The van der Waals surface area contributed by atoms with Crippen LogP contribution in [0.15, 0.2) is 60.8 Å². The predicted octanol–water partition coefficient (Wildman–Crippen LogP) is 5.31. The minimum absolute atomic E-state index is 0.0728. The summed E-state index contributed by atoms with van der Waals surface area (Å²) in [4.78, 5) is 109. The third-order valence-corrected chi connectivity index (χ3v) is 13.4. The van der Waals surface area contributed by atoms with E-state index in [0.717, 1.165) is 23.1 Å².